The maximum absolute atomic E-state index is 12.4. The van der Waals surface area contributed by atoms with Gasteiger partial charge in [0.2, 0.25) is 5.91 Å². The summed E-state index contributed by atoms with van der Waals surface area (Å²) in [6.07, 6.45) is 4.29. The number of hydrogen-bond acceptors (Lipinski definition) is 5. The van der Waals surface area contributed by atoms with E-state index in [1.165, 1.54) is 12.8 Å². The number of nitrogens with zero attached hydrogens (tertiary/aromatic N) is 4. The normalized spacial score (nSPS) is 22.7. The van der Waals surface area contributed by atoms with Gasteiger partial charge in [0.25, 0.3) is 0 Å². The van der Waals surface area contributed by atoms with Crippen LogP contribution >= 0.6 is 0 Å². The van der Waals surface area contributed by atoms with Crippen LogP contribution < -0.4 is 9.80 Å². The molecule has 1 saturated carbocycles. The van der Waals surface area contributed by atoms with Gasteiger partial charge < -0.3 is 14.5 Å². The summed E-state index contributed by atoms with van der Waals surface area (Å²) in [5, 5.41) is 0. The summed E-state index contributed by atoms with van der Waals surface area (Å²) in [5.74, 6) is 1.95. The van der Waals surface area contributed by atoms with Crippen molar-refractivity contribution in [3.05, 3.63) is 54.0 Å². The molecular formula is C26H34N4O2. The largest absolute Gasteiger partial charge is 0.378 e. The lowest BCUT2D eigenvalue weighted by atomic mass is 9.81. The van der Waals surface area contributed by atoms with Crippen LogP contribution in [0.2, 0.25) is 0 Å². The van der Waals surface area contributed by atoms with E-state index in [9.17, 15) is 4.79 Å². The average Bonchev–Trinajstić information content (AvgIpc) is 3.61. The molecule has 2 aliphatic heterocycles. The number of carbonyl (C=O) groups is 1. The summed E-state index contributed by atoms with van der Waals surface area (Å²) < 4.78 is 5.43. The highest BCUT2D eigenvalue weighted by atomic mass is 16.5. The molecular weight excluding hydrogens is 400 g/mol. The highest BCUT2D eigenvalue weighted by Gasteiger charge is 2.45. The van der Waals surface area contributed by atoms with Gasteiger partial charge >= 0.3 is 0 Å². The van der Waals surface area contributed by atoms with Crippen LogP contribution in [-0.4, -0.2) is 48.2 Å². The summed E-state index contributed by atoms with van der Waals surface area (Å²) in [5.41, 5.74) is 5.32. The summed E-state index contributed by atoms with van der Waals surface area (Å²) in [6, 6.07) is 8.34. The molecule has 6 heteroatoms. The van der Waals surface area contributed by atoms with Crippen LogP contribution in [0, 0.1) is 25.7 Å². The van der Waals surface area contributed by atoms with Gasteiger partial charge in [-0.25, -0.2) is 4.98 Å². The van der Waals surface area contributed by atoms with Crippen molar-refractivity contribution in [1.29, 1.82) is 0 Å². The van der Waals surface area contributed by atoms with Crippen LogP contribution in [0.25, 0.3) is 5.57 Å². The first kappa shape index (κ1) is 22.5. The first-order valence-corrected chi connectivity index (χ1v) is 11.6. The average molecular weight is 435 g/mol. The van der Waals surface area contributed by atoms with Crippen LogP contribution in [0.1, 0.15) is 43.6 Å². The lowest BCUT2D eigenvalue weighted by Crippen LogP contribution is -2.48. The van der Waals surface area contributed by atoms with Gasteiger partial charge in [-0.3, -0.25) is 9.78 Å². The molecule has 3 aliphatic rings. The maximum atomic E-state index is 12.4. The highest BCUT2D eigenvalue weighted by Crippen LogP contribution is 2.49. The molecule has 5 rings (SSSR count). The molecule has 2 atom stereocenters. The number of fused-ring (bicyclic) bond motifs is 1. The Balaban J connectivity index is 0.000000260. The van der Waals surface area contributed by atoms with Crippen molar-refractivity contribution < 1.29 is 9.53 Å². The zero-order valence-electron chi connectivity index (χ0n) is 19.7. The Hall–Kier alpha value is -2.73. The number of anilines is 2. The molecule has 0 N–H and O–H groups in total. The number of morpholine rings is 1. The SMILES string of the molecule is C=C1c2cc(N3CCOCC3)ncc2N(C(C)=O)C(C2CC2)[C@H]1C.Cc1cccc(C)n1. The Bertz CT molecular complexity index is 978. The van der Waals surface area contributed by atoms with Crippen molar-refractivity contribution in [2.45, 2.75) is 46.6 Å². The summed E-state index contributed by atoms with van der Waals surface area (Å²) in [4.78, 5) is 25.4. The third-order valence-corrected chi connectivity index (χ3v) is 6.64. The predicted molar refractivity (Wildman–Crippen MR) is 129 cm³/mol. The molecule has 1 saturated heterocycles. The monoisotopic (exact) mass is 434 g/mol. The molecule has 0 bridgehead atoms. The van der Waals surface area contributed by atoms with E-state index in [0.29, 0.717) is 5.92 Å². The quantitative estimate of drug-likeness (QED) is 0.701. The number of hydrogen-bond donors (Lipinski definition) is 0. The number of carbonyl (C=O) groups excluding carboxylic acids is 1. The van der Waals surface area contributed by atoms with E-state index >= 15 is 0 Å². The molecule has 1 amide bonds. The molecule has 4 heterocycles. The zero-order chi connectivity index (χ0) is 22.8. The van der Waals surface area contributed by atoms with Gasteiger partial charge in [0.15, 0.2) is 0 Å². The van der Waals surface area contributed by atoms with Crippen molar-refractivity contribution in [2.24, 2.45) is 11.8 Å². The van der Waals surface area contributed by atoms with Gasteiger partial charge in [0.1, 0.15) is 5.82 Å². The van der Waals surface area contributed by atoms with E-state index in [1.807, 2.05) is 43.1 Å². The number of pyridine rings is 2. The third-order valence-electron chi connectivity index (χ3n) is 6.64. The minimum absolute atomic E-state index is 0.105. The van der Waals surface area contributed by atoms with Crippen molar-refractivity contribution >= 4 is 23.0 Å². The molecule has 170 valence electrons. The standard InChI is InChI=1S/C19H25N3O2.C7H9N/c1-12-13(2)19(15-4-5-15)22(14(3)23)17-11-20-18(10-16(12)17)21-6-8-24-9-7-21;1-6-4-3-5-7(2)8-6/h10-11,13,15,19H,1,4-9H2,2-3H3;3-5H,1-2H3/t13-,19?;/m0./s1. The van der Waals surface area contributed by atoms with E-state index in [2.05, 4.69) is 34.4 Å². The summed E-state index contributed by atoms with van der Waals surface area (Å²) in [7, 11) is 0. The van der Waals surface area contributed by atoms with Crippen LogP contribution in [0.4, 0.5) is 11.5 Å². The maximum Gasteiger partial charge on any atom is 0.224 e. The van der Waals surface area contributed by atoms with Gasteiger partial charge in [-0.05, 0) is 56.4 Å². The number of rotatable bonds is 2. The van der Waals surface area contributed by atoms with E-state index < -0.39 is 0 Å². The number of amides is 1. The predicted octanol–water partition coefficient (Wildman–Crippen LogP) is 4.41. The molecule has 2 aromatic heterocycles. The van der Waals surface area contributed by atoms with E-state index in [-0.39, 0.29) is 17.9 Å². The molecule has 1 unspecified atom stereocenters. The fourth-order valence-corrected chi connectivity index (χ4v) is 4.80. The fourth-order valence-electron chi connectivity index (χ4n) is 4.80. The van der Waals surface area contributed by atoms with Crippen LogP contribution in [0.15, 0.2) is 37.0 Å². The Morgan fingerprint density at radius 2 is 1.81 bits per heavy atom. The van der Waals surface area contributed by atoms with Crippen molar-refractivity contribution in [3.8, 4) is 0 Å². The molecule has 0 spiro atoms. The van der Waals surface area contributed by atoms with Crippen LogP contribution in [0.5, 0.6) is 0 Å². The molecule has 0 radical (unpaired) electrons. The summed E-state index contributed by atoms with van der Waals surface area (Å²) >= 11 is 0. The van der Waals surface area contributed by atoms with Gasteiger partial charge in [0, 0.05) is 48.9 Å². The first-order chi connectivity index (χ1) is 15.4. The van der Waals surface area contributed by atoms with Crippen molar-refractivity contribution in [1.82, 2.24) is 9.97 Å². The van der Waals surface area contributed by atoms with Crippen molar-refractivity contribution in [2.75, 3.05) is 36.1 Å². The van der Waals surface area contributed by atoms with Crippen LogP contribution in [0.3, 0.4) is 0 Å². The fraction of sp³-hybridized carbons (Fsp3) is 0.500. The lowest BCUT2D eigenvalue weighted by molar-refractivity contribution is -0.117. The molecule has 1 aliphatic carbocycles. The number of aromatic nitrogens is 2. The Kier molecular flexibility index (Phi) is 6.60. The molecule has 0 aromatic carbocycles. The second kappa shape index (κ2) is 9.41. The second-order valence-electron chi connectivity index (χ2n) is 9.11. The van der Waals surface area contributed by atoms with Gasteiger partial charge in [-0.2, -0.15) is 0 Å². The van der Waals surface area contributed by atoms with E-state index in [1.54, 1.807) is 6.92 Å². The van der Waals surface area contributed by atoms with E-state index in [0.717, 1.165) is 60.3 Å². The molecule has 2 fully saturated rings. The Morgan fingerprint density at radius 1 is 1.16 bits per heavy atom. The Labute approximate surface area is 191 Å². The first-order valence-electron chi connectivity index (χ1n) is 11.6. The molecule has 2 aromatic rings. The molecule has 6 nitrogen and oxygen atoms in total. The minimum Gasteiger partial charge on any atom is -0.378 e. The molecule has 32 heavy (non-hydrogen) atoms. The van der Waals surface area contributed by atoms with Gasteiger partial charge in [0.05, 0.1) is 25.1 Å². The van der Waals surface area contributed by atoms with Gasteiger partial charge in [-0.1, -0.05) is 19.6 Å². The second-order valence-corrected chi connectivity index (χ2v) is 9.11. The number of ether oxygens (including phenoxy) is 1. The Morgan fingerprint density at radius 3 is 2.34 bits per heavy atom. The summed E-state index contributed by atoms with van der Waals surface area (Å²) in [6.45, 7) is 15.4. The van der Waals surface area contributed by atoms with E-state index in [4.69, 9.17) is 4.74 Å². The van der Waals surface area contributed by atoms with Crippen LogP contribution in [-0.2, 0) is 9.53 Å². The minimum atomic E-state index is 0.105. The lowest BCUT2D eigenvalue weighted by Gasteiger charge is -2.42. The van der Waals surface area contributed by atoms with Crippen molar-refractivity contribution in [3.63, 3.8) is 0 Å². The zero-order valence-corrected chi connectivity index (χ0v) is 19.7. The smallest absolute Gasteiger partial charge is 0.224 e. The highest BCUT2D eigenvalue weighted by molar-refractivity contribution is 5.98. The topological polar surface area (TPSA) is 58.6 Å². The third kappa shape index (κ3) is 4.70. The van der Waals surface area contributed by atoms with Gasteiger partial charge in [-0.15, -0.1) is 0 Å². The number of aryl methyl sites for hydroxylation is 2.